The van der Waals surface area contributed by atoms with Gasteiger partial charge in [-0.1, -0.05) is 32.9 Å². The van der Waals surface area contributed by atoms with Crippen LogP contribution in [0.5, 0.6) is 0 Å². The molecule has 1 nitrogen and oxygen atoms in total. The van der Waals surface area contributed by atoms with Crippen LogP contribution in [0, 0.1) is 11.8 Å². The van der Waals surface area contributed by atoms with Crippen LogP contribution < -0.4 is 0 Å². The van der Waals surface area contributed by atoms with E-state index in [2.05, 4.69) is 52.9 Å². The van der Waals surface area contributed by atoms with Crippen molar-refractivity contribution in [2.75, 3.05) is 6.61 Å². The molecule has 1 rings (SSSR count). The van der Waals surface area contributed by atoms with E-state index in [9.17, 15) is 0 Å². The standard InChI is InChI=1S/C15H30OSi/c1-7-8-13-9-10-14(11-13)12-16-17(5,6)15(2,3)4/h7-8,13-14H,9-12H2,1-6H3/b8-7-/t13-,14+/m1/s1. The van der Waals surface area contributed by atoms with Gasteiger partial charge in [0.2, 0.25) is 0 Å². The predicted octanol–water partition coefficient (Wildman–Crippen LogP) is 5.00. The highest BCUT2D eigenvalue weighted by Crippen LogP contribution is 2.38. The fourth-order valence-electron chi connectivity index (χ4n) is 2.25. The van der Waals surface area contributed by atoms with Gasteiger partial charge >= 0.3 is 0 Å². The van der Waals surface area contributed by atoms with Crippen molar-refractivity contribution in [3.63, 3.8) is 0 Å². The molecule has 0 radical (unpaired) electrons. The zero-order valence-electron chi connectivity index (χ0n) is 12.5. The molecule has 17 heavy (non-hydrogen) atoms. The molecule has 1 fully saturated rings. The first-order valence-corrected chi connectivity index (χ1v) is 9.94. The molecule has 100 valence electrons. The molecule has 0 bridgehead atoms. The summed E-state index contributed by atoms with van der Waals surface area (Å²) in [5, 5.41) is 0.342. The van der Waals surface area contributed by atoms with E-state index >= 15 is 0 Å². The van der Waals surface area contributed by atoms with Gasteiger partial charge in [0.15, 0.2) is 8.32 Å². The van der Waals surface area contributed by atoms with Crippen LogP contribution in [0.1, 0.15) is 47.0 Å². The Kier molecular flexibility index (Phi) is 5.03. The third kappa shape index (κ3) is 4.25. The topological polar surface area (TPSA) is 9.23 Å². The Bertz CT molecular complexity index is 263. The molecular formula is C15H30OSi. The Morgan fingerprint density at radius 1 is 1.24 bits per heavy atom. The predicted molar refractivity (Wildman–Crippen MR) is 78.8 cm³/mol. The molecule has 0 saturated heterocycles. The summed E-state index contributed by atoms with van der Waals surface area (Å²) in [5.74, 6) is 1.61. The third-order valence-electron chi connectivity index (χ3n) is 4.53. The molecular weight excluding hydrogens is 224 g/mol. The number of hydrogen-bond donors (Lipinski definition) is 0. The van der Waals surface area contributed by atoms with Crippen LogP contribution in [0.3, 0.4) is 0 Å². The van der Waals surface area contributed by atoms with Gasteiger partial charge in [-0.15, -0.1) is 0 Å². The summed E-state index contributed by atoms with van der Waals surface area (Å²) >= 11 is 0. The van der Waals surface area contributed by atoms with Crippen molar-refractivity contribution in [1.29, 1.82) is 0 Å². The summed E-state index contributed by atoms with van der Waals surface area (Å²) in [6.07, 6.45) is 8.60. The zero-order chi connectivity index (χ0) is 13.1. The van der Waals surface area contributed by atoms with Gasteiger partial charge in [0, 0.05) is 6.61 Å². The van der Waals surface area contributed by atoms with Gasteiger partial charge in [-0.3, -0.25) is 0 Å². The smallest absolute Gasteiger partial charge is 0.191 e. The van der Waals surface area contributed by atoms with Gasteiger partial charge in [0.05, 0.1) is 0 Å². The minimum Gasteiger partial charge on any atom is -0.417 e. The van der Waals surface area contributed by atoms with Gasteiger partial charge in [-0.25, -0.2) is 0 Å². The van der Waals surface area contributed by atoms with Gasteiger partial charge < -0.3 is 4.43 Å². The molecule has 0 heterocycles. The van der Waals surface area contributed by atoms with Crippen molar-refractivity contribution in [3.8, 4) is 0 Å². The van der Waals surface area contributed by atoms with Gasteiger partial charge in [0.1, 0.15) is 0 Å². The van der Waals surface area contributed by atoms with Crippen molar-refractivity contribution in [2.24, 2.45) is 11.8 Å². The lowest BCUT2D eigenvalue weighted by molar-refractivity contribution is 0.229. The van der Waals surface area contributed by atoms with E-state index in [1.165, 1.54) is 19.3 Å². The fraction of sp³-hybridized carbons (Fsp3) is 0.867. The summed E-state index contributed by atoms with van der Waals surface area (Å²) in [5.41, 5.74) is 0. The maximum Gasteiger partial charge on any atom is 0.191 e. The molecule has 0 unspecified atom stereocenters. The normalized spacial score (nSPS) is 26.9. The van der Waals surface area contributed by atoms with Crippen molar-refractivity contribution in [3.05, 3.63) is 12.2 Å². The SMILES string of the molecule is C/C=C\[C@@H]1CC[C@H](CO[Si](C)(C)C(C)(C)C)C1. The first-order valence-electron chi connectivity index (χ1n) is 7.03. The second kappa shape index (κ2) is 5.70. The highest BCUT2D eigenvalue weighted by atomic mass is 28.4. The summed E-state index contributed by atoms with van der Waals surface area (Å²) in [7, 11) is -1.53. The highest BCUT2D eigenvalue weighted by Gasteiger charge is 2.38. The van der Waals surface area contributed by atoms with Gasteiger partial charge in [-0.2, -0.15) is 0 Å². The van der Waals surface area contributed by atoms with Crippen molar-refractivity contribution in [1.82, 2.24) is 0 Å². The molecule has 0 aromatic rings. The lowest BCUT2D eigenvalue weighted by Crippen LogP contribution is -2.41. The van der Waals surface area contributed by atoms with Crippen LogP contribution in [-0.4, -0.2) is 14.9 Å². The van der Waals surface area contributed by atoms with Gasteiger partial charge in [0.25, 0.3) is 0 Å². The van der Waals surface area contributed by atoms with E-state index in [0.29, 0.717) is 5.04 Å². The van der Waals surface area contributed by atoms with Gasteiger partial charge in [-0.05, 0) is 56.2 Å². The average molecular weight is 254 g/mol. The van der Waals surface area contributed by atoms with Crippen LogP contribution in [0.25, 0.3) is 0 Å². The summed E-state index contributed by atoms with van der Waals surface area (Å²) in [6.45, 7) is 14.8. The van der Waals surface area contributed by atoms with E-state index in [1.807, 2.05) is 0 Å². The summed E-state index contributed by atoms with van der Waals surface area (Å²) in [4.78, 5) is 0. The molecule has 0 aromatic heterocycles. The fourth-order valence-corrected chi connectivity index (χ4v) is 3.34. The minimum atomic E-state index is -1.53. The Labute approximate surface area is 109 Å². The molecule has 2 heteroatoms. The lowest BCUT2D eigenvalue weighted by atomic mass is 10.1. The van der Waals surface area contributed by atoms with E-state index in [-0.39, 0.29) is 0 Å². The van der Waals surface area contributed by atoms with Crippen molar-refractivity contribution < 1.29 is 4.43 Å². The molecule has 1 aliphatic carbocycles. The molecule has 0 spiro atoms. The zero-order valence-corrected chi connectivity index (χ0v) is 13.5. The van der Waals surface area contributed by atoms with Crippen LogP contribution in [0.15, 0.2) is 12.2 Å². The Morgan fingerprint density at radius 2 is 1.88 bits per heavy atom. The molecule has 2 atom stereocenters. The second-order valence-corrected chi connectivity index (χ2v) is 11.8. The maximum atomic E-state index is 6.32. The lowest BCUT2D eigenvalue weighted by Gasteiger charge is -2.37. The number of hydrogen-bond acceptors (Lipinski definition) is 1. The van der Waals surface area contributed by atoms with Crippen LogP contribution in [-0.2, 0) is 4.43 Å². The summed E-state index contributed by atoms with van der Waals surface area (Å²) < 4.78 is 6.32. The molecule has 0 amide bonds. The molecule has 0 aromatic carbocycles. The average Bonchev–Trinajstić information content (AvgIpc) is 2.62. The number of rotatable bonds is 4. The third-order valence-corrected chi connectivity index (χ3v) is 9.03. The molecule has 1 aliphatic rings. The van der Waals surface area contributed by atoms with E-state index in [4.69, 9.17) is 4.43 Å². The minimum absolute atomic E-state index is 0.342. The van der Waals surface area contributed by atoms with E-state index < -0.39 is 8.32 Å². The Balaban J connectivity index is 2.38. The molecule has 0 aliphatic heterocycles. The first-order chi connectivity index (χ1) is 7.76. The Morgan fingerprint density at radius 3 is 2.41 bits per heavy atom. The monoisotopic (exact) mass is 254 g/mol. The van der Waals surface area contributed by atoms with Crippen molar-refractivity contribution >= 4 is 8.32 Å². The number of allylic oxidation sites excluding steroid dienone is 2. The van der Waals surface area contributed by atoms with Crippen LogP contribution in [0.4, 0.5) is 0 Å². The molecule has 1 saturated carbocycles. The molecule has 0 N–H and O–H groups in total. The second-order valence-electron chi connectivity index (χ2n) is 7.04. The Hall–Kier alpha value is -0.0831. The largest absolute Gasteiger partial charge is 0.417 e. The summed E-state index contributed by atoms with van der Waals surface area (Å²) in [6, 6.07) is 0. The van der Waals surface area contributed by atoms with E-state index in [0.717, 1.165) is 18.4 Å². The maximum absolute atomic E-state index is 6.32. The van der Waals surface area contributed by atoms with E-state index in [1.54, 1.807) is 0 Å². The van der Waals surface area contributed by atoms with Crippen LogP contribution >= 0.6 is 0 Å². The highest BCUT2D eigenvalue weighted by molar-refractivity contribution is 6.74. The van der Waals surface area contributed by atoms with Crippen molar-refractivity contribution in [2.45, 2.75) is 65.1 Å². The van der Waals surface area contributed by atoms with Crippen LogP contribution in [0.2, 0.25) is 18.1 Å². The first kappa shape index (κ1) is 15.0. The quantitative estimate of drug-likeness (QED) is 0.507.